The number of carbonyl (C=O) groups is 1. The molecular formula is C19H16N2O2S2. The van der Waals surface area contributed by atoms with Gasteiger partial charge in [0.05, 0.1) is 17.7 Å². The van der Waals surface area contributed by atoms with Crippen LogP contribution in [0.15, 0.2) is 65.4 Å². The van der Waals surface area contributed by atoms with Gasteiger partial charge in [0.25, 0.3) is 5.91 Å². The predicted octanol–water partition coefficient (Wildman–Crippen LogP) is 4.56. The van der Waals surface area contributed by atoms with Crippen LogP contribution in [0.4, 0.5) is 0 Å². The zero-order chi connectivity index (χ0) is 17.2. The fourth-order valence-corrected chi connectivity index (χ4v) is 4.23. The van der Waals surface area contributed by atoms with Crippen molar-refractivity contribution in [1.82, 2.24) is 10.4 Å². The number of methoxy groups -OCH3 is 1. The monoisotopic (exact) mass is 368 g/mol. The third kappa shape index (κ3) is 3.06. The molecule has 4 nitrogen and oxygen atoms in total. The van der Waals surface area contributed by atoms with Gasteiger partial charge in [0.1, 0.15) is 11.8 Å². The lowest BCUT2D eigenvalue weighted by Crippen LogP contribution is -2.38. The molecule has 0 radical (unpaired) electrons. The Morgan fingerprint density at radius 3 is 2.68 bits per heavy atom. The highest BCUT2D eigenvalue weighted by molar-refractivity contribution is 7.12. The van der Waals surface area contributed by atoms with E-state index in [2.05, 4.69) is 17.6 Å². The Labute approximate surface area is 154 Å². The SMILES string of the molecule is COc1cccc(C2=C[C@H](c3cccs3)N(C(=O)c3cccs3)N2)c1. The summed E-state index contributed by atoms with van der Waals surface area (Å²) in [6.45, 7) is 0. The first-order valence-electron chi connectivity index (χ1n) is 7.79. The van der Waals surface area contributed by atoms with E-state index < -0.39 is 0 Å². The van der Waals surface area contributed by atoms with E-state index in [1.807, 2.05) is 53.2 Å². The minimum atomic E-state index is -0.129. The van der Waals surface area contributed by atoms with Crippen LogP contribution in [0, 0.1) is 0 Å². The molecule has 1 amide bonds. The largest absolute Gasteiger partial charge is 0.497 e. The molecular weight excluding hydrogens is 352 g/mol. The van der Waals surface area contributed by atoms with Crippen molar-refractivity contribution in [2.24, 2.45) is 0 Å². The molecule has 0 saturated carbocycles. The molecule has 4 rings (SSSR count). The van der Waals surface area contributed by atoms with E-state index in [9.17, 15) is 4.79 Å². The summed E-state index contributed by atoms with van der Waals surface area (Å²) in [7, 11) is 1.65. The molecule has 3 aromatic rings. The van der Waals surface area contributed by atoms with Gasteiger partial charge < -0.3 is 4.74 Å². The van der Waals surface area contributed by atoms with Crippen molar-refractivity contribution in [3.05, 3.63) is 80.7 Å². The zero-order valence-electron chi connectivity index (χ0n) is 13.5. The van der Waals surface area contributed by atoms with Gasteiger partial charge in [-0.05, 0) is 41.1 Å². The second-order valence-corrected chi connectivity index (χ2v) is 7.46. The Kier molecular flexibility index (Phi) is 4.29. The van der Waals surface area contributed by atoms with E-state index in [4.69, 9.17) is 4.74 Å². The number of ether oxygens (including phenoxy) is 1. The lowest BCUT2D eigenvalue weighted by atomic mass is 10.1. The highest BCUT2D eigenvalue weighted by Gasteiger charge is 2.32. The summed E-state index contributed by atoms with van der Waals surface area (Å²) in [5.74, 6) is 0.762. The van der Waals surface area contributed by atoms with Crippen molar-refractivity contribution in [2.75, 3.05) is 7.11 Å². The average Bonchev–Trinajstić information content (AvgIpc) is 3.42. The Morgan fingerprint density at radius 2 is 1.96 bits per heavy atom. The van der Waals surface area contributed by atoms with Gasteiger partial charge in [0.2, 0.25) is 0 Å². The van der Waals surface area contributed by atoms with Gasteiger partial charge >= 0.3 is 0 Å². The van der Waals surface area contributed by atoms with Crippen molar-refractivity contribution in [3.63, 3.8) is 0 Å². The molecule has 0 bridgehead atoms. The molecule has 6 heteroatoms. The van der Waals surface area contributed by atoms with Crippen LogP contribution in [0.1, 0.15) is 26.2 Å². The molecule has 3 heterocycles. The summed E-state index contributed by atoms with van der Waals surface area (Å²) in [6, 6.07) is 15.5. The first-order chi connectivity index (χ1) is 12.3. The summed E-state index contributed by atoms with van der Waals surface area (Å²) in [4.78, 5) is 14.8. The summed E-state index contributed by atoms with van der Waals surface area (Å²) < 4.78 is 5.31. The van der Waals surface area contributed by atoms with Crippen LogP contribution in [0.2, 0.25) is 0 Å². The van der Waals surface area contributed by atoms with Crippen LogP contribution < -0.4 is 10.2 Å². The maximum atomic E-state index is 12.9. The predicted molar refractivity (Wildman–Crippen MR) is 102 cm³/mol. The smallest absolute Gasteiger partial charge is 0.283 e. The van der Waals surface area contributed by atoms with E-state index in [0.29, 0.717) is 4.88 Å². The molecule has 0 fully saturated rings. The van der Waals surface area contributed by atoms with Gasteiger partial charge in [0, 0.05) is 10.4 Å². The summed E-state index contributed by atoms with van der Waals surface area (Å²) in [6.07, 6.45) is 2.09. The molecule has 2 aromatic heterocycles. The van der Waals surface area contributed by atoms with Crippen molar-refractivity contribution < 1.29 is 9.53 Å². The van der Waals surface area contributed by atoms with Gasteiger partial charge in [0.15, 0.2) is 0 Å². The minimum Gasteiger partial charge on any atom is -0.497 e. The second kappa shape index (κ2) is 6.74. The van der Waals surface area contributed by atoms with Gasteiger partial charge in [-0.25, -0.2) is 5.01 Å². The molecule has 1 aromatic carbocycles. The first-order valence-corrected chi connectivity index (χ1v) is 9.55. The van der Waals surface area contributed by atoms with Crippen molar-refractivity contribution >= 4 is 34.3 Å². The maximum absolute atomic E-state index is 12.9. The first kappa shape index (κ1) is 15.9. The van der Waals surface area contributed by atoms with Crippen LogP contribution in [-0.2, 0) is 0 Å². The molecule has 0 unspecified atom stereocenters. The van der Waals surface area contributed by atoms with Crippen molar-refractivity contribution in [1.29, 1.82) is 0 Å². The van der Waals surface area contributed by atoms with E-state index in [1.54, 1.807) is 23.5 Å². The molecule has 0 aliphatic carbocycles. The normalized spacial score (nSPS) is 16.4. The van der Waals surface area contributed by atoms with Crippen molar-refractivity contribution in [2.45, 2.75) is 6.04 Å². The topological polar surface area (TPSA) is 41.6 Å². The molecule has 25 heavy (non-hydrogen) atoms. The van der Waals surface area contributed by atoms with Crippen LogP contribution >= 0.6 is 22.7 Å². The molecule has 1 aliphatic rings. The third-order valence-corrected chi connectivity index (χ3v) is 5.81. The average molecular weight is 368 g/mol. The number of hydrazine groups is 1. The number of hydrogen-bond donors (Lipinski definition) is 1. The quantitative estimate of drug-likeness (QED) is 0.734. The molecule has 1 atom stereocenters. The molecule has 0 saturated heterocycles. The highest BCUT2D eigenvalue weighted by atomic mass is 32.1. The molecule has 0 spiro atoms. The number of amides is 1. The second-order valence-electron chi connectivity index (χ2n) is 5.54. The van der Waals surface area contributed by atoms with E-state index in [-0.39, 0.29) is 11.9 Å². The Hall–Kier alpha value is -2.57. The Balaban J connectivity index is 1.70. The van der Waals surface area contributed by atoms with Crippen LogP contribution in [0.25, 0.3) is 5.70 Å². The summed E-state index contributed by atoms with van der Waals surface area (Å²) >= 11 is 3.09. The number of thiophene rings is 2. The van der Waals surface area contributed by atoms with Gasteiger partial charge in [-0.15, -0.1) is 22.7 Å². The van der Waals surface area contributed by atoms with Crippen LogP contribution in [-0.4, -0.2) is 18.0 Å². The lowest BCUT2D eigenvalue weighted by Gasteiger charge is -2.24. The van der Waals surface area contributed by atoms with Gasteiger partial charge in [-0.3, -0.25) is 10.2 Å². The Bertz CT molecular complexity index is 901. The fraction of sp³-hybridized carbons (Fsp3) is 0.105. The highest BCUT2D eigenvalue weighted by Crippen LogP contribution is 2.35. The number of nitrogens with zero attached hydrogens (tertiary/aromatic N) is 1. The number of nitrogens with one attached hydrogen (secondary N) is 1. The molecule has 126 valence electrons. The number of hydrogen-bond acceptors (Lipinski definition) is 5. The van der Waals surface area contributed by atoms with E-state index in [1.165, 1.54) is 11.3 Å². The van der Waals surface area contributed by atoms with Crippen LogP contribution in [0.3, 0.4) is 0 Å². The third-order valence-electron chi connectivity index (χ3n) is 4.01. The number of benzene rings is 1. The lowest BCUT2D eigenvalue weighted by molar-refractivity contribution is 0.0680. The van der Waals surface area contributed by atoms with E-state index >= 15 is 0 Å². The zero-order valence-corrected chi connectivity index (χ0v) is 15.1. The number of carbonyl (C=O) groups excluding carboxylic acids is 1. The maximum Gasteiger partial charge on any atom is 0.283 e. The number of rotatable bonds is 4. The Morgan fingerprint density at radius 1 is 1.12 bits per heavy atom. The van der Waals surface area contributed by atoms with Crippen LogP contribution in [0.5, 0.6) is 5.75 Å². The summed E-state index contributed by atoms with van der Waals surface area (Å²) in [5, 5.41) is 5.65. The molecule has 1 N–H and O–H groups in total. The summed E-state index contributed by atoms with van der Waals surface area (Å²) in [5.41, 5.74) is 5.18. The van der Waals surface area contributed by atoms with Gasteiger partial charge in [-0.1, -0.05) is 24.3 Å². The minimum absolute atomic E-state index is 0.0254. The molecule has 1 aliphatic heterocycles. The standard InChI is InChI=1S/C19H16N2O2S2/c1-23-14-6-2-5-13(11-14)15-12-16(17-7-3-9-24-17)21(20-15)19(22)18-8-4-10-25-18/h2-12,16,20H,1H3/t16-/m1/s1. The fourth-order valence-electron chi connectivity index (χ4n) is 2.79. The van der Waals surface area contributed by atoms with Crippen molar-refractivity contribution in [3.8, 4) is 5.75 Å². The van der Waals surface area contributed by atoms with Gasteiger partial charge in [-0.2, -0.15) is 0 Å². The van der Waals surface area contributed by atoms with E-state index in [0.717, 1.165) is 21.9 Å².